The second-order valence-corrected chi connectivity index (χ2v) is 6.60. The Morgan fingerprint density at radius 3 is 2.82 bits per heavy atom. The number of nitrogens with one attached hydrogen (secondary N) is 1. The van der Waals surface area contributed by atoms with E-state index in [4.69, 9.17) is 23.8 Å². The maximum atomic E-state index is 6.09. The minimum atomic E-state index is 0.713. The number of rotatable bonds is 1. The quantitative estimate of drug-likeness (QED) is 0.732. The van der Waals surface area contributed by atoms with Crippen LogP contribution in [0.2, 0.25) is 5.02 Å². The number of nitrogens with zero attached hydrogens (tertiary/aromatic N) is 1. The zero-order chi connectivity index (χ0) is 15.7. The summed E-state index contributed by atoms with van der Waals surface area (Å²) in [6, 6.07) is 12.4. The van der Waals surface area contributed by atoms with Crippen LogP contribution in [0.15, 0.2) is 36.4 Å². The van der Waals surface area contributed by atoms with Crippen molar-refractivity contribution in [3.63, 3.8) is 0 Å². The van der Waals surface area contributed by atoms with E-state index in [1.807, 2.05) is 18.2 Å². The molecule has 0 aromatic heterocycles. The number of anilines is 2. The molecule has 114 valence electrons. The van der Waals surface area contributed by atoms with Gasteiger partial charge in [-0.05, 0) is 68.2 Å². The van der Waals surface area contributed by atoms with Crippen LogP contribution in [0.3, 0.4) is 0 Å². The average molecular weight is 331 g/mol. The van der Waals surface area contributed by atoms with Crippen LogP contribution in [0.25, 0.3) is 0 Å². The molecule has 22 heavy (non-hydrogen) atoms. The van der Waals surface area contributed by atoms with Gasteiger partial charge in [0.2, 0.25) is 0 Å². The predicted octanol–water partition coefficient (Wildman–Crippen LogP) is 5.11. The normalized spacial score (nSPS) is 13.7. The van der Waals surface area contributed by atoms with E-state index < -0.39 is 0 Å². The molecule has 2 aromatic rings. The van der Waals surface area contributed by atoms with Crippen molar-refractivity contribution >= 4 is 40.3 Å². The zero-order valence-electron chi connectivity index (χ0n) is 12.8. The molecule has 3 rings (SSSR count). The van der Waals surface area contributed by atoms with Crippen LogP contribution in [-0.2, 0) is 6.42 Å². The second-order valence-electron chi connectivity index (χ2n) is 5.78. The summed E-state index contributed by atoms with van der Waals surface area (Å²) in [5.41, 5.74) is 5.99. The first-order chi connectivity index (χ1) is 10.5. The van der Waals surface area contributed by atoms with Crippen molar-refractivity contribution in [2.24, 2.45) is 0 Å². The number of hydrogen-bond donors (Lipinski definition) is 1. The molecular formula is C18H19ClN2S. The van der Waals surface area contributed by atoms with Crippen LogP contribution in [0.1, 0.15) is 23.1 Å². The van der Waals surface area contributed by atoms with Crippen LogP contribution in [0.4, 0.5) is 11.4 Å². The molecule has 0 unspecified atom stereocenters. The molecule has 4 heteroatoms. The van der Waals surface area contributed by atoms with E-state index in [0.29, 0.717) is 5.02 Å². The lowest BCUT2D eigenvalue weighted by Gasteiger charge is -2.32. The lowest BCUT2D eigenvalue weighted by atomic mass is 10.00. The van der Waals surface area contributed by atoms with Gasteiger partial charge in [0.15, 0.2) is 5.11 Å². The van der Waals surface area contributed by atoms with Gasteiger partial charge >= 0.3 is 0 Å². The summed E-state index contributed by atoms with van der Waals surface area (Å²) < 4.78 is 0. The van der Waals surface area contributed by atoms with Gasteiger partial charge in [-0.1, -0.05) is 35.4 Å². The van der Waals surface area contributed by atoms with Crippen molar-refractivity contribution in [3.8, 4) is 0 Å². The minimum absolute atomic E-state index is 0.713. The lowest BCUT2D eigenvalue weighted by molar-refractivity contribution is 0.780. The van der Waals surface area contributed by atoms with Crippen molar-refractivity contribution in [2.75, 3.05) is 16.8 Å². The highest BCUT2D eigenvalue weighted by atomic mass is 35.5. The summed E-state index contributed by atoms with van der Waals surface area (Å²) in [5, 5.41) is 4.79. The van der Waals surface area contributed by atoms with Crippen LogP contribution < -0.4 is 10.2 Å². The van der Waals surface area contributed by atoms with Crippen molar-refractivity contribution < 1.29 is 0 Å². The van der Waals surface area contributed by atoms with Gasteiger partial charge in [0, 0.05) is 22.9 Å². The molecule has 0 saturated carbocycles. The molecule has 0 radical (unpaired) electrons. The van der Waals surface area contributed by atoms with Gasteiger partial charge in [-0.15, -0.1) is 0 Å². The van der Waals surface area contributed by atoms with Gasteiger partial charge in [0.1, 0.15) is 0 Å². The van der Waals surface area contributed by atoms with Crippen molar-refractivity contribution in [1.29, 1.82) is 0 Å². The van der Waals surface area contributed by atoms with Gasteiger partial charge in [0.05, 0.1) is 0 Å². The van der Waals surface area contributed by atoms with E-state index in [9.17, 15) is 0 Å². The van der Waals surface area contributed by atoms with E-state index in [1.165, 1.54) is 16.8 Å². The number of aryl methyl sites for hydroxylation is 3. The van der Waals surface area contributed by atoms with Crippen molar-refractivity contribution in [1.82, 2.24) is 0 Å². The first kappa shape index (κ1) is 15.3. The monoisotopic (exact) mass is 330 g/mol. The van der Waals surface area contributed by atoms with E-state index in [0.717, 1.165) is 35.7 Å². The third-order valence-corrected chi connectivity index (χ3v) is 4.60. The number of thiocarbonyl (C=S) groups is 1. The minimum Gasteiger partial charge on any atom is -0.332 e. The van der Waals surface area contributed by atoms with Crippen LogP contribution in [0, 0.1) is 13.8 Å². The largest absolute Gasteiger partial charge is 0.332 e. The first-order valence-corrected chi connectivity index (χ1v) is 8.27. The smallest absolute Gasteiger partial charge is 0.177 e. The van der Waals surface area contributed by atoms with E-state index in [2.05, 4.69) is 42.3 Å². The predicted molar refractivity (Wildman–Crippen MR) is 99.3 cm³/mol. The standard InChI is InChI=1S/C18H19ClN2S/c1-12-5-8-17-14(10-12)4-3-9-21(17)18(22)20-16-11-15(19)7-6-13(16)2/h5-8,10-11H,3-4,9H2,1-2H3,(H,20,22). The summed E-state index contributed by atoms with van der Waals surface area (Å²) in [6.07, 6.45) is 2.24. The molecular weight excluding hydrogens is 312 g/mol. The third-order valence-electron chi connectivity index (χ3n) is 4.04. The van der Waals surface area contributed by atoms with Crippen LogP contribution >= 0.6 is 23.8 Å². The van der Waals surface area contributed by atoms with Gasteiger partial charge < -0.3 is 10.2 Å². The fraction of sp³-hybridized carbons (Fsp3) is 0.278. The molecule has 2 aromatic carbocycles. The van der Waals surface area contributed by atoms with Crippen LogP contribution in [-0.4, -0.2) is 11.7 Å². The fourth-order valence-electron chi connectivity index (χ4n) is 2.85. The molecule has 0 saturated heterocycles. The molecule has 1 aliphatic heterocycles. The molecule has 1 N–H and O–H groups in total. The zero-order valence-corrected chi connectivity index (χ0v) is 14.4. The highest BCUT2D eigenvalue weighted by molar-refractivity contribution is 7.80. The van der Waals surface area contributed by atoms with E-state index >= 15 is 0 Å². The maximum absolute atomic E-state index is 6.09. The Bertz CT molecular complexity index is 727. The molecule has 1 heterocycles. The summed E-state index contributed by atoms with van der Waals surface area (Å²) >= 11 is 11.7. The fourth-order valence-corrected chi connectivity index (χ4v) is 3.32. The van der Waals surface area contributed by atoms with Crippen molar-refractivity contribution in [2.45, 2.75) is 26.7 Å². The summed E-state index contributed by atoms with van der Waals surface area (Å²) in [4.78, 5) is 2.19. The van der Waals surface area contributed by atoms with E-state index in [1.54, 1.807) is 0 Å². The SMILES string of the molecule is Cc1ccc2c(c1)CCCN2C(=S)Nc1cc(Cl)ccc1C. The molecule has 0 amide bonds. The lowest BCUT2D eigenvalue weighted by Crippen LogP contribution is -2.38. The topological polar surface area (TPSA) is 15.3 Å². The molecule has 0 aliphatic carbocycles. The summed E-state index contributed by atoms with van der Waals surface area (Å²) in [7, 11) is 0. The molecule has 0 spiro atoms. The van der Waals surface area contributed by atoms with Crippen LogP contribution in [0.5, 0.6) is 0 Å². The van der Waals surface area contributed by atoms with Gasteiger partial charge in [-0.25, -0.2) is 0 Å². The first-order valence-electron chi connectivity index (χ1n) is 7.49. The van der Waals surface area contributed by atoms with Gasteiger partial charge in [-0.2, -0.15) is 0 Å². The van der Waals surface area contributed by atoms with E-state index in [-0.39, 0.29) is 0 Å². The molecule has 2 nitrogen and oxygen atoms in total. The summed E-state index contributed by atoms with van der Waals surface area (Å²) in [6.45, 7) is 5.13. The second kappa shape index (κ2) is 6.27. The Kier molecular flexibility index (Phi) is 4.37. The Hall–Kier alpha value is -1.58. The molecule has 0 atom stereocenters. The number of halogens is 1. The van der Waals surface area contributed by atoms with Gasteiger partial charge in [-0.3, -0.25) is 0 Å². The maximum Gasteiger partial charge on any atom is 0.177 e. The Morgan fingerprint density at radius 2 is 2.00 bits per heavy atom. The molecule has 1 aliphatic rings. The third kappa shape index (κ3) is 3.11. The average Bonchev–Trinajstić information content (AvgIpc) is 2.50. The van der Waals surface area contributed by atoms with Gasteiger partial charge in [0.25, 0.3) is 0 Å². The Morgan fingerprint density at radius 1 is 1.18 bits per heavy atom. The Balaban J connectivity index is 1.86. The van der Waals surface area contributed by atoms with Crippen molar-refractivity contribution in [3.05, 3.63) is 58.1 Å². The number of hydrogen-bond acceptors (Lipinski definition) is 1. The molecule has 0 fully saturated rings. The Labute approximate surface area is 142 Å². The highest BCUT2D eigenvalue weighted by Gasteiger charge is 2.20. The molecule has 0 bridgehead atoms. The number of benzene rings is 2. The number of fused-ring (bicyclic) bond motifs is 1. The summed E-state index contributed by atoms with van der Waals surface area (Å²) in [5.74, 6) is 0. The highest BCUT2D eigenvalue weighted by Crippen LogP contribution is 2.29.